The molecule has 2 fully saturated rings. The third-order valence-corrected chi connectivity index (χ3v) is 9.41. The third kappa shape index (κ3) is 6.23. The normalized spacial score (nSPS) is 16.8. The maximum atomic E-state index is 14.2. The number of hydrogen-bond acceptors (Lipinski definition) is 6. The summed E-state index contributed by atoms with van der Waals surface area (Å²) in [5.41, 5.74) is 4.08. The van der Waals surface area contributed by atoms with E-state index in [0.717, 1.165) is 80.3 Å². The van der Waals surface area contributed by atoms with E-state index < -0.39 is 23.4 Å². The minimum absolute atomic E-state index is 0.0501. The largest absolute Gasteiger partial charge is 0.462 e. The number of rotatable bonds is 8. The van der Waals surface area contributed by atoms with Gasteiger partial charge in [0.25, 0.3) is 0 Å². The summed E-state index contributed by atoms with van der Waals surface area (Å²) in [4.78, 5) is 33.7. The van der Waals surface area contributed by atoms with E-state index in [1.54, 1.807) is 12.1 Å². The van der Waals surface area contributed by atoms with E-state index in [4.69, 9.17) is 4.74 Å². The van der Waals surface area contributed by atoms with E-state index in [1.807, 2.05) is 17.0 Å². The molecule has 0 N–H and O–H groups in total. The van der Waals surface area contributed by atoms with Crippen LogP contribution in [0.1, 0.15) is 71.3 Å². The van der Waals surface area contributed by atoms with Crippen LogP contribution >= 0.6 is 0 Å². The third-order valence-electron chi connectivity index (χ3n) is 9.41. The Bertz CT molecular complexity index is 1790. The lowest BCUT2D eigenvalue weighted by atomic mass is 9.89. The van der Waals surface area contributed by atoms with Crippen LogP contribution in [-0.2, 0) is 28.7 Å². The highest BCUT2D eigenvalue weighted by Crippen LogP contribution is 2.40. The Kier molecular flexibility index (Phi) is 8.23. The molecular formula is C36H36F3N5O3. The van der Waals surface area contributed by atoms with Gasteiger partial charge in [-0.1, -0.05) is 48.5 Å². The highest BCUT2D eigenvalue weighted by atomic mass is 19.4. The Balaban J connectivity index is 1.11. The fourth-order valence-electron chi connectivity index (χ4n) is 6.88. The number of nitrogens with zero attached hydrogens (tertiary/aromatic N) is 5. The lowest BCUT2D eigenvalue weighted by molar-refractivity contribution is -0.143. The second-order valence-corrected chi connectivity index (χ2v) is 12.5. The van der Waals surface area contributed by atoms with Crippen molar-refractivity contribution < 1.29 is 27.5 Å². The molecule has 4 aromatic rings. The number of esters is 1. The zero-order valence-electron chi connectivity index (χ0n) is 26.2. The first kappa shape index (κ1) is 31.0. The summed E-state index contributed by atoms with van der Waals surface area (Å²) >= 11 is 0. The molecule has 47 heavy (non-hydrogen) atoms. The highest BCUT2D eigenvalue weighted by Gasteiger charge is 2.41. The summed E-state index contributed by atoms with van der Waals surface area (Å²) < 4.78 is 48.0. The number of amides is 1. The highest BCUT2D eigenvalue weighted by molar-refractivity contribution is 5.91. The van der Waals surface area contributed by atoms with Gasteiger partial charge < -0.3 is 14.5 Å². The number of para-hydroxylation sites is 1. The van der Waals surface area contributed by atoms with Gasteiger partial charge in [0.15, 0.2) is 11.5 Å². The number of piperidine rings is 1. The number of hydrogen-bond donors (Lipinski definition) is 0. The molecule has 2 aliphatic heterocycles. The predicted octanol–water partition coefficient (Wildman–Crippen LogP) is 6.81. The van der Waals surface area contributed by atoms with Crippen molar-refractivity contribution in [3.8, 4) is 17.1 Å². The van der Waals surface area contributed by atoms with Gasteiger partial charge in [0, 0.05) is 43.3 Å². The van der Waals surface area contributed by atoms with Gasteiger partial charge in [0.05, 0.1) is 18.5 Å². The average Bonchev–Trinajstić information content (AvgIpc) is 3.69. The topological polar surface area (TPSA) is 80.6 Å². The van der Waals surface area contributed by atoms with Crippen LogP contribution in [0.25, 0.3) is 17.1 Å². The van der Waals surface area contributed by atoms with Crippen LogP contribution in [0.2, 0.25) is 0 Å². The van der Waals surface area contributed by atoms with Gasteiger partial charge in [-0.3, -0.25) is 4.79 Å². The molecule has 1 saturated carbocycles. The van der Waals surface area contributed by atoms with Crippen molar-refractivity contribution in [3.63, 3.8) is 0 Å². The van der Waals surface area contributed by atoms with Crippen molar-refractivity contribution in [2.24, 2.45) is 5.92 Å². The quantitative estimate of drug-likeness (QED) is 0.196. The summed E-state index contributed by atoms with van der Waals surface area (Å²) in [5, 5.41) is 3.90. The first-order valence-electron chi connectivity index (χ1n) is 16.3. The van der Waals surface area contributed by atoms with Gasteiger partial charge >= 0.3 is 12.1 Å². The summed E-state index contributed by atoms with van der Waals surface area (Å²) in [5.74, 6) is -0.0813. The predicted molar refractivity (Wildman–Crippen MR) is 170 cm³/mol. The van der Waals surface area contributed by atoms with Gasteiger partial charge in [0.2, 0.25) is 5.91 Å². The lowest BCUT2D eigenvalue weighted by Crippen LogP contribution is -2.38. The fourth-order valence-corrected chi connectivity index (χ4v) is 6.88. The number of pyridine rings is 1. The molecule has 0 unspecified atom stereocenters. The molecule has 0 bridgehead atoms. The monoisotopic (exact) mass is 643 g/mol. The lowest BCUT2D eigenvalue weighted by Gasteiger charge is -2.32. The molecule has 0 radical (unpaired) electrons. The summed E-state index contributed by atoms with van der Waals surface area (Å²) in [6.07, 6.45) is 0.919. The first-order valence-corrected chi connectivity index (χ1v) is 16.3. The van der Waals surface area contributed by atoms with Gasteiger partial charge in [0.1, 0.15) is 5.56 Å². The Hall–Kier alpha value is -4.67. The molecule has 8 nitrogen and oxygen atoms in total. The Labute approximate surface area is 271 Å². The molecular weight excluding hydrogens is 607 g/mol. The van der Waals surface area contributed by atoms with Crippen molar-refractivity contribution in [1.29, 1.82) is 0 Å². The smallest absolute Gasteiger partial charge is 0.434 e. The SMILES string of the molecule is CCOC(=O)c1cnn(-c2cccc(-c3cccc4c3N(Cc3ccc(C5CCN(C(=O)C6CC6)CC5)cc3)CC4)n2)c1C(F)(F)F. The van der Waals surface area contributed by atoms with Crippen LogP contribution in [-0.4, -0.2) is 57.8 Å². The molecule has 244 valence electrons. The molecule has 2 aromatic carbocycles. The van der Waals surface area contributed by atoms with Crippen LogP contribution in [0.4, 0.5) is 18.9 Å². The average molecular weight is 644 g/mol. The molecule has 1 amide bonds. The van der Waals surface area contributed by atoms with Crippen LogP contribution in [0, 0.1) is 5.92 Å². The molecule has 3 aliphatic rings. The second-order valence-electron chi connectivity index (χ2n) is 12.5. The summed E-state index contributed by atoms with van der Waals surface area (Å²) in [6.45, 7) is 4.61. The number of carbonyl (C=O) groups excluding carboxylic acids is 2. The number of fused-ring (bicyclic) bond motifs is 1. The van der Waals surface area contributed by atoms with E-state index in [1.165, 1.54) is 18.6 Å². The number of alkyl halides is 3. The van der Waals surface area contributed by atoms with E-state index in [9.17, 15) is 22.8 Å². The van der Waals surface area contributed by atoms with Crippen molar-refractivity contribution in [2.75, 3.05) is 31.1 Å². The molecule has 2 aromatic heterocycles. The van der Waals surface area contributed by atoms with E-state index in [-0.39, 0.29) is 18.3 Å². The Morgan fingerprint density at radius 1 is 0.936 bits per heavy atom. The number of halogens is 3. The minimum Gasteiger partial charge on any atom is -0.462 e. The standard InChI is InChI=1S/C36H36F3N5O3/c1-2-47-35(46)29-21-40-44(33(29)36(37,38)39)31-8-4-7-30(41-31)28-6-3-5-26-17-20-43(32(26)28)22-23-9-11-24(12-10-23)25-15-18-42(19-16-25)34(45)27-13-14-27/h3-12,21,25,27H,2,13-20,22H2,1H3. The Morgan fingerprint density at radius 3 is 2.38 bits per heavy atom. The van der Waals surface area contributed by atoms with Crippen LogP contribution in [0.15, 0.2) is 66.9 Å². The molecule has 4 heterocycles. The number of carbonyl (C=O) groups is 2. The van der Waals surface area contributed by atoms with Crippen LogP contribution < -0.4 is 4.90 Å². The number of ether oxygens (including phenoxy) is 1. The molecule has 11 heteroatoms. The van der Waals surface area contributed by atoms with Crippen LogP contribution in [0.3, 0.4) is 0 Å². The molecule has 0 atom stereocenters. The number of anilines is 1. The number of likely N-dealkylation sites (tertiary alicyclic amines) is 1. The van der Waals surface area contributed by atoms with Gasteiger partial charge in [-0.15, -0.1) is 0 Å². The summed E-state index contributed by atoms with van der Waals surface area (Å²) in [7, 11) is 0. The van der Waals surface area contributed by atoms with E-state index in [0.29, 0.717) is 28.7 Å². The zero-order chi connectivity index (χ0) is 32.7. The molecule has 1 aliphatic carbocycles. The number of benzene rings is 2. The molecule has 1 saturated heterocycles. The fraction of sp³-hybridized carbons (Fsp3) is 0.389. The minimum atomic E-state index is -4.86. The van der Waals surface area contributed by atoms with Crippen LogP contribution in [0.5, 0.6) is 0 Å². The first-order chi connectivity index (χ1) is 22.7. The van der Waals surface area contributed by atoms with Crippen molar-refractivity contribution >= 4 is 17.6 Å². The van der Waals surface area contributed by atoms with Gasteiger partial charge in [-0.05, 0) is 73.8 Å². The number of aromatic nitrogens is 3. The van der Waals surface area contributed by atoms with E-state index in [2.05, 4.69) is 45.3 Å². The maximum Gasteiger partial charge on any atom is 0.434 e. The molecule has 0 spiro atoms. The second kappa shape index (κ2) is 12.5. The maximum absolute atomic E-state index is 14.2. The van der Waals surface area contributed by atoms with Crippen molar-refractivity contribution in [1.82, 2.24) is 19.7 Å². The van der Waals surface area contributed by atoms with E-state index >= 15 is 0 Å². The zero-order valence-corrected chi connectivity index (χ0v) is 26.2. The Morgan fingerprint density at radius 2 is 1.68 bits per heavy atom. The summed E-state index contributed by atoms with van der Waals surface area (Å²) in [6, 6.07) is 19.6. The van der Waals surface area contributed by atoms with Crippen molar-refractivity contribution in [3.05, 3.63) is 94.8 Å². The van der Waals surface area contributed by atoms with Crippen molar-refractivity contribution in [2.45, 2.75) is 57.7 Å². The molecule has 7 rings (SSSR count). The van der Waals surface area contributed by atoms with Gasteiger partial charge in [-0.2, -0.15) is 18.3 Å². The van der Waals surface area contributed by atoms with Gasteiger partial charge in [-0.25, -0.2) is 14.5 Å².